The van der Waals surface area contributed by atoms with Crippen molar-refractivity contribution in [3.05, 3.63) is 35.4 Å². The van der Waals surface area contributed by atoms with Crippen molar-refractivity contribution in [3.63, 3.8) is 0 Å². The Morgan fingerprint density at radius 2 is 1.97 bits per heavy atom. The molecule has 5 rings (SSSR count). The van der Waals surface area contributed by atoms with Crippen LogP contribution in [0.5, 0.6) is 0 Å². The molecular weight excluding hydrogens is 503 g/mol. The van der Waals surface area contributed by atoms with E-state index in [1.165, 1.54) is 30.4 Å². The zero-order valence-electron chi connectivity index (χ0n) is 18.6. The Bertz CT molecular complexity index is 839. The zero-order valence-corrected chi connectivity index (χ0v) is 20.9. The van der Waals surface area contributed by atoms with Crippen molar-refractivity contribution in [2.75, 3.05) is 27.2 Å². The maximum atomic E-state index is 12.2. The minimum absolute atomic E-state index is 0. The number of halogens is 1. The van der Waals surface area contributed by atoms with Crippen molar-refractivity contribution in [2.45, 2.75) is 63.1 Å². The number of hydrogen-bond acceptors (Lipinski definition) is 3. The van der Waals surface area contributed by atoms with Crippen LogP contribution in [0.25, 0.3) is 0 Å². The molecule has 0 radical (unpaired) electrons. The molecular formula is C24H35IN4O2. The van der Waals surface area contributed by atoms with Gasteiger partial charge >= 0.3 is 0 Å². The van der Waals surface area contributed by atoms with Crippen LogP contribution in [-0.4, -0.2) is 62.2 Å². The maximum Gasteiger partial charge on any atom is 0.243 e. The van der Waals surface area contributed by atoms with Crippen LogP contribution in [0, 0.1) is 11.3 Å². The van der Waals surface area contributed by atoms with Crippen LogP contribution in [0.4, 0.5) is 0 Å². The molecule has 4 unspecified atom stereocenters. The fourth-order valence-electron chi connectivity index (χ4n) is 6.04. The monoisotopic (exact) mass is 538 g/mol. The van der Waals surface area contributed by atoms with Gasteiger partial charge in [0.25, 0.3) is 0 Å². The Morgan fingerprint density at radius 3 is 2.68 bits per heavy atom. The van der Waals surface area contributed by atoms with E-state index in [1.54, 1.807) is 19.0 Å². The summed E-state index contributed by atoms with van der Waals surface area (Å²) in [6.07, 6.45) is 8.51. The minimum atomic E-state index is 0. The Morgan fingerprint density at radius 1 is 1.19 bits per heavy atom. The Labute approximate surface area is 202 Å². The molecule has 3 fully saturated rings. The van der Waals surface area contributed by atoms with Crippen LogP contribution < -0.4 is 10.6 Å². The summed E-state index contributed by atoms with van der Waals surface area (Å²) in [6, 6.07) is 9.48. The SMILES string of the molecule is CN(C)C(=O)CN=C(NC1CCc2ccccc2C1)NC1C2CCOC2C12CCC2.I. The summed E-state index contributed by atoms with van der Waals surface area (Å²) >= 11 is 0. The average Bonchev–Trinajstić information content (AvgIpc) is 3.13. The molecule has 1 aromatic carbocycles. The van der Waals surface area contributed by atoms with Gasteiger partial charge in [0.05, 0.1) is 6.10 Å². The number of benzene rings is 1. The van der Waals surface area contributed by atoms with E-state index >= 15 is 0 Å². The molecule has 0 aromatic heterocycles. The van der Waals surface area contributed by atoms with Gasteiger partial charge in [-0.1, -0.05) is 30.7 Å². The third-order valence-electron chi connectivity index (χ3n) is 7.89. The van der Waals surface area contributed by atoms with Gasteiger partial charge < -0.3 is 20.3 Å². The third-order valence-corrected chi connectivity index (χ3v) is 7.89. The zero-order chi connectivity index (χ0) is 20.7. The molecule has 4 atom stereocenters. The fourth-order valence-corrected chi connectivity index (χ4v) is 6.04. The van der Waals surface area contributed by atoms with Gasteiger partial charge in [-0.15, -0.1) is 24.0 Å². The van der Waals surface area contributed by atoms with Gasteiger partial charge in [0.15, 0.2) is 5.96 Å². The van der Waals surface area contributed by atoms with Crippen molar-refractivity contribution in [1.29, 1.82) is 0 Å². The fraction of sp³-hybridized carbons (Fsp3) is 0.667. The van der Waals surface area contributed by atoms with Crippen molar-refractivity contribution in [2.24, 2.45) is 16.3 Å². The lowest BCUT2D eigenvalue weighted by molar-refractivity contribution is -0.171. The predicted molar refractivity (Wildman–Crippen MR) is 133 cm³/mol. The number of aliphatic imine (C=N–C) groups is 1. The number of fused-ring (bicyclic) bond motifs is 3. The highest BCUT2D eigenvalue weighted by Gasteiger charge is 2.66. The first-order valence-electron chi connectivity index (χ1n) is 11.5. The number of nitrogens with one attached hydrogen (secondary N) is 2. The molecule has 1 spiro atoms. The maximum absolute atomic E-state index is 12.2. The Balaban J connectivity index is 0.00000231. The molecule has 2 saturated carbocycles. The number of likely N-dealkylation sites (N-methyl/N-ethyl adjacent to an activating group) is 1. The molecule has 0 bridgehead atoms. The van der Waals surface area contributed by atoms with E-state index in [0.29, 0.717) is 24.1 Å². The van der Waals surface area contributed by atoms with Gasteiger partial charge in [-0.25, -0.2) is 4.99 Å². The lowest BCUT2D eigenvalue weighted by atomic mass is 9.46. The number of ether oxygens (including phenoxy) is 1. The van der Waals surface area contributed by atoms with Gasteiger partial charge in [-0.05, 0) is 49.7 Å². The van der Waals surface area contributed by atoms with Crippen molar-refractivity contribution in [1.82, 2.24) is 15.5 Å². The second-order valence-electron chi connectivity index (χ2n) is 9.76. The highest BCUT2D eigenvalue weighted by molar-refractivity contribution is 14.0. The molecule has 1 saturated heterocycles. The number of rotatable bonds is 4. The van der Waals surface area contributed by atoms with Crippen molar-refractivity contribution >= 4 is 35.8 Å². The molecule has 1 amide bonds. The smallest absolute Gasteiger partial charge is 0.243 e. The Kier molecular flexibility index (Phi) is 6.82. The van der Waals surface area contributed by atoms with Gasteiger partial charge in [-0.2, -0.15) is 0 Å². The number of aryl methyl sites for hydroxylation is 1. The summed E-state index contributed by atoms with van der Waals surface area (Å²) < 4.78 is 6.08. The molecule has 170 valence electrons. The van der Waals surface area contributed by atoms with Gasteiger partial charge in [-0.3, -0.25) is 4.79 Å². The highest BCUT2D eigenvalue weighted by atomic mass is 127. The first-order chi connectivity index (χ1) is 14.6. The summed E-state index contributed by atoms with van der Waals surface area (Å²) in [5.74, 6) is 1.41. The first-order valence-corrected chi connectivity index (χ1v) is 11.5. The molecule has 4 aliphatic rings. The molecule has 1 aliphatic heterocycles. The third kappa shape index (κ3) is 4.19. The van der Waals surface area contributed by atoms with Crippen molar-refractivity contribution < 1.29 is 9.53 Å². The second-order valence-corrected chi connectivity index (χ2v) is 9.76. The number of amides is 1. The van der Waals surface area contributed by atoms with Crippen molar-refractivity contribution in [3.8, 4) is 0 Å². The summed E-state index contributed by atoms with van der Waals surface area (Å²) in [6.45, 7) is 1.06. The normalized spacial score (nSPS) is 30.2. The summed E-state index contributed by atoms with van der Waals surface area (Å²) in [5.41, 5.74) is 3.17. The van der Waals surface area contributed by atoms with Gasteiger partial charge in [0, 0.05) is 44.1 Å². The number of carbonyl (C=O) groups excluding carboxylic acids is 1. The first kappa shape index (κ1) is 22.8. The molecule has 7 heteroatoms. The summed E-state index contributed by atoms with van der Waals surface area (Å²) in [7, 11) is 3.57. The highest BCUT2D eigenvalue weighted by Crippen LogP contribution is 2.62. The predicted octanol–water partition coefficient (Wildman–Crippen LogP) is 2.74. The topological polar surface area (TPSA) is 66.0 Å². The number of nitrogens with zero attached hydrogens (tertiary/aromatic N) is 2. The molecule has 3 aliphatic carbocycles. The van der Waals surface area contributed by atoms with E-state index < -0.39 is 0 Å². The van der Waals surface area contributed by atoms with E-state index in [0.717, 1.165) is 38.2 Å². The minimum Gasteiger partial charge on any atom is -0.377 e. The quantitative estimate of drug-likeness (QED) is 0.352. The lowest BCUT2D eigenvalue weighted by Gasteiger charge is -2.63. The number of guanidine groups is 1. The van der Waals surface area contributed by atoms with Crippen LogP contribution >= 0.6 is 24.0 Å². The van der Waals surface area contributed by atoms with Gasteiger partial charge in [0.1, 0.15) is 6.54 Å². The average molecular weight is 538 g/mol. The molecule has 6 nitrogen and oxygen atoms in total. The largest absolute Gasteiger partial charge is 0.377 e. The van der Waals surface area contributed by atoms with Crippen LogP contribution in [0.15, 0.2) is 29.3 Å². The van der Waals surface area contributed by atoms with E-state index in [4.69, 9.17) is 9.73 Å². The molecule has 31 heavy (non-hydrogen) atoms. The van der Waals surface area contributed by atoms with Crippen LogP contribution in [-0.2, 0) is 22.4 Å². The van der Waals surface area contributed by atoms with E-state index in [-0.39, 0.29) is 41.8 Å². The lowest BCUT2D eigenvalue weighted by Crippen LogP contribution is -2.72. The van der Waals surface area contributed by atoms with E-state index in [9.17, 15) is 4.79 Å². The second kappa shape index (κ2) is 9.25. The van der Waals surface area contributed by atoms with E-state index in [1.807, 2.05) is 0 Å². The molecule has 2 N–H and O–H groups in total. The number of hydrogen-bond donors (Lipinski definition) is 2. The Hall–Kier alpha value is -1.35. The van der Waals surface area contributed by atoms with Crippen LogP contribution in [0.3, 0.4) is 0 Å². The van der Waals surface area contributed by atoms with Crippen LogP contribution in [0.2, 0.25) is 0 Å². The molecule has 1 heterocycles. The van der Waals surface area contributed by atoms with Gasteiger partial charge in [0.2, 0.25) is 5.91 Å². The van der Waals surface area contributed by atoms with Crippen LogP contribution in [0.1, 0.15) is 43.2 Å². The molecule has 1 aromatic rings. The summed E-state index contributed by atoms with van der Waals surface area (Å²) in [4.78, 5) is 18.5. The standard InChI is InChI=1S/C24H34N4O2.HI/c1-28(2)20(29)15-25-23(26-18-9-8-16-6-3-4-7-17(16)14-18)27-21-19-10-13-30-22(19)24(21)11-5-12-24;/h3-4,6-7,18-19,21-22H,5,8-15H2,1-2H3,(H2,25,26,27);1H. The van der Waals surface area contributed by atoms with E-state index in [2.05, 4.69) is 34.9 Å². The number of carbonyl (C=O) groups is 1. The summed E-state index contributed by atoms with van der Waals surface area (Å²) in [5, 5.41) is 7.45.